The van der Waals surface area contributed by atoms with E-state index >= 15 is 0 Å². The number of ether oxygens (including phenoxy) is 4. The van der Waals surface area contributed by atoms with Gasteiger partial charge in [0, 0.05) is 86.9 Å². The summed E-state index contributed by atoms with van der Waals surface area (Å²) < 4.78 is 32.9. The van der Waals surface area contributed by atoms with Crippen molar-refractivity contribution in [1.82, 2.24) is 58.3 Å². The van der Waals surface area contributed by atoms with E-state index < -0.39 is 23.7 Å². The van der Waals surface area contributed by atoms with Crippen molar-refractivity contribution in [3.63, 3.8) is 0 Å². The van der Waals surface area contributed by atoms with Gasteiger partial charge in [-0.05, 0) is 90.4 Å². The molecule has 398 valence electrons. The molecule has 2 aromatic carbocycles. The molecule has 5 N–H and O–H groups in total. The van der Waals surface area contributed by atoms with Crippen LogP contribution in [-0.4, -0.2) is 135 Å². The molecule has 9 rings (SSSR count). The summed E-state index contributed by atoms with van der Waals surface area (Å²) >= 11 is 0. The predicted octanol–water partition coefficient (Wildman–Crippen LogP) is 5.61. The second kappa shape index (κ2) is 23.0. The lowest BCUT2D eigenvalue weighted by atomic mass is 10.1. The molecule has 8 aromatic rings. The number of benzene rings is 2. The van der Waals surface area contributed by atoms with Crippen molar-refractivity contribution in [2.45, 2.75) is 87.1 Å². The van der Waals surface area contributed by atoms with Gasteiger partial charge in [-0.3, -0.25) is 38.6 Å². The first-order valence-electron chi connectivity index (χ1n) is 25.5. The lowest BCUT2D eigenvalue weighted by Gasteiger charge is -2.26. The molecule has 6 aromatic heterocycles. The third kappa shape index (κ3) is 11.1. The monoisotopic (exact) mass is 1040 g/mol. The number of imidazole rings is 1. The average Bonchev–Trinajstić information content (AvgIpc) is 4.27. The van der Waals surface area contributed by atoms with Gasteiger partial charge in [0.2, 0.25) is 17.8 Å². The number of carbonyl (C=O) groups is 4. The van der Waals surface area contributed by atoms with E-state index in [1.165, 1.54) is 6.07 Å². The number of carbonyl (C=O) groups excluding carboxylic acids is 4. The van der Waals surface area contributed by atoms with Crippen LogP contribution in [0.3, 0.4) is 0 Å². The second-order valence-corrected chi connectivity index (χ2v) is 18.4. The summed E-state index contributed by atoms with van der Waals surface area (Å²) in [6, 6.07) is 11.8. The van der Waals surface area contributed by atoms with Gasteiger partial charge in [0.25, 0.3) is 5.91 Å². The molecule has 0 unspecified atom stereocenters. The smallest absolute Gasteiger partial charge is 0.356 e. The van der Waals surface area contributed by atoms with E-state index in [2.05, 4.69) is 25.5 Å². The molecule has 1 saturated heterocycles. The molecule has 3 amide bonds. The first kappa shape index (κ1) is 52.4. The summed E-state index contributed by atoms with van der Waals surface area (Å²) in [6.45, 7) is 17.7. The van der Waals surface area contributed by atoms with E-state index in [0.717, 1.165) is 37.4 Å². The zero-order valence-corrected chi connectivity index (χ0v) is 43.7. The fourth-order valence-electron chi connectivity index (χ4n) is 9.46. The molecular weight excluding hydrogens is 975 g/mol. The lowest BCUT2D eigenvalue weighted by Crippen LogP contribution is -2.37. The van der Waals surface area contributed by atoms with Crippen molar-refractivity contribution in [2.75, 3.05) is 58.0 Å². The van der Waals surface area contributed by atoms with Crippen LogP contribution in [0, 0.1) is 20.8 Å². The molecule has 7 heterocycles. The number of aromatic nitrogens is 11. The zero-order valence-electron chi connectivity index (χ0n) is 43.7. The number of nitrogens with one attached hydrogen (secondary N) is 1. The molecule has 0 aliphatic carbocycles. The summed E-state index contributed by atoms with van der Waals surface area (Å²) in [7, 11) is 0. The Balaban J connectivity index is 1.08. The molecule has 0 atom stereocenters. The molecule has 1 fully saturated rings. The third-order valence-corrected chi connectivity index (χ3v) is 13.0. The largest absolute Gasteiger partial charge is 0.491 e. The Morgan fingerprint density at radius 2 is 1.29 bits per heavy atom. The fourth-order valence-corrected chi connectivity index (χ4v) is 9.46. The van der Waals surface area contributed by atoms with Gasteiger partial charge in [-0.2, -0.15) is 15.3 Å². The number of primary amides is 2. The summed E-state index contributed by atoms with van der Waals surface area (Å²) in [5, 5.41) is 17.8. The number of esters is 1. The van der Waals surface area contributed by atoms with Gasteiger partial charge in [-0.25, -0.2) is 19.7 Å². The Labute approximate surface area is 437 Å². The number of fused-ring (bicyclic) bond motifs is 4. The molecule has 1 aliphatic heterocycles. The Morgan fingerprint density at radius 3 is 1.97 bits per heavy atom. The highest BCUT2D eigenvalue weighted by Crippen LogP contribution is 2.37. The van der Waals surface area contributed by atoms with Gasteiger partial charge >= 0.3 is 5.97 Å². The third-order valence-electron chi connectivity index (χ3n) is 13.0. The van der Waals surface area contributed by atoms with Crippen molar-refractivity contribution in [1.29, 1.82) is 0 Å². The summed E-state index contributed by atoms with van der Waals surface area (Å²) in [5.41, 5.74) is 17.9. The molecular formula is C53H63N15O8. The molecule has 0 bridgehead atoms. The van der Waals surface area contributed by atoms with Crippen molar-refractivity contribution >= 4 is 62.6 Å². The van der Waals surface area contributed by atoms with Crippen LogP contribution in [0.2, 0.25) is 0 Å². The Kier molecular flexibility index (Phi) is 15.9. The van der Waals surface area contributed by atoms with E-state index in [0.29, 0.717) is 113 Å². The minimum atomic E-state index is -0.707. The SMILES string of the molecule is CCn1nc(C)cc1C(=O)Nc1nc2cc(C(N)=O)cc(OCCCOC(=O)c3cc(C)nn3CC)c2n1C/C=C/Cn1c2nc(-c3cc(C)nn3CC)ncc2c2cc(C(N)=O)cc(OCCCN3CCOCC3)c21. The normalized spacial score (nSPS) is 13.1. The molecule has 23 nitrogen and oxygen atoms in total. The van der Waals surface area contributed by atoms with E-state index in [1.54, 1.807) is 50.5 Å². The van der Waals surface area contributed by atoms with Crippen LogP contribution >= 0.6 is 0 Å². The van der Waals surface area contributed by atoms with Crippen molar-refractivity contribution in [3.8, 4) is 23.0 Å². The Hall–Kier alpha value is -8.44. The Bertz CT molecular complexity index is 3500. The number of nitrogens with zero attached hydrogens (tertiary/aromatic N) is 12. The quantitative estimate of drug-likeness (QED) is 0.0399. The predicted molar refractivity (Wildman–Crippen MR) is 284 cm³/mol. The maximum Gasteiger partial charge on any atom is 0.356 e. The second-order valence-electron chi connectivity index (χ2n) is 18.4. The average molecular weight is 1040 g/mol. The van der Waals surface area contributed by atoms with Crippen LogP contribution in [0.1, 0.15) is 92.4 Å². The number of nitrogens with two attached hydrogens (primary N) is 2. The van der Waals surface area contributed by atoms with Gasteiger partial charge in [-0.1, -0.05) is 12.2 Å². The summed E-state index contributed by atoms with van der Waals surface area (Å²) in [5.74, 6) is -0.899. The minimum Gasteiger partial charge on any atom is -0.491 e. The highest BCUT2D eigenvalue weighted by Gasteiger charge is 2.24. The topological polar surface area (TPSA) is 274 Å². The number of hydrogen-bond acceptors (Lipinski definition) is 15. The van der Waals surface area contributed by atoms with Crippen LogP contribution in [0.4, 0.5) is 5.95 Å². The van der Waals surface area contributed by atoms with Gasteiger partial charge in [-0.15, -0.1) is 0 Å². The highest BCUT2D eigenvalue weighted by atomic mass is 16.5. The van der Waals surface area contributed by atoms with Crippen molar-refractivity contribution < 1.29 is 38.1 Å². The molecule has 0 saturated carbocycles. The number of allylic oxidation sites excluding steroid dienone is 2. The van der Waals surface area contributed by atoms with Crippen LogP contribution in [0.25, 0.3) is 44.5 Å². The van der Waals surface area contributed by atoms with Gasteiger partial charge < -0.3 is 39.5 Å². The number of rotatable bonds is 23. The molecule has 1 aliphatic rings. The van der Waals surface area contributed by atoms with Crippen LogP contribution in [-0.2, 0) is 42.2 Å². The van der Waals surface area contributed by atoms with Gasteiger partial charge in [0.1, 0.15) is 39.7 Å². The zero-order chi connectivity index (χ0) is 53.6. The van der Waals surface area contributed by atoms with E-state index in [4.69, 9.17) is 45.4 Å². The maximum absolute atomic E-state index is 14.1. The lowest BCUT2D eigenvalue weighted by molar-refractivity contribution is 0.0358. The van der Waals surface area contributed by atoms with Crippen LogP contribution in [0.15, 0.2) is 60.8 Å². The summed E-state index contributed by atoms with van der Waals surface area (Å²) in [6.07, 6.45) is 6.66. The number of hydrogen-bond donors (Lipinski definition) is 3. The number of aryl methyl sites for hydroxylation is 6. The number of anilines is 1. The standard InChI is InChI=1S/C53H63N15O8/c1-7-66-40(24-32(4)60-66)49-56-31-38-37-27-35(47(54)69)29-43(74-19-12-14-63-17-22-73-23-18-63)45(37)64(50(38)58-49)15-10-11-16-65-46-39(57-53(65)59-51(71)41-25-33(5)61-67(41)8-2)28-36(48(55)70)30-44(46)75-20-13-21-76-52(72)42-26-34(6)62-68(42)9-3/h10-11,24-31H,7-9,12-23H2,1-6H3,(H2,54,69)(H2,55,70)(H,57,59,71)/b11-10+. The highest BCUT2D eigenvalue weighted by molar-refractivity contribution is 6.12. The van der Waals surface area contributed by atoms with Crippen LogP contribution in [0.5, 0.6) is 11.5 Å². The summed E-state index contributed by atoms with van der Waals surface area (Å²) in [4.78, 5) is 69.8. The first-order valence-corrected chi connectivity index (χ1v) is 25.5. The maximum atomic E-state index is 14.1. The fraction of sp³-hybridized carbons (Fsp3) is 0.396. The van der Waals surface area contributed by atoms with E-state index in [1.807, 2.05) is 69.0 Å². The molecule has 76 heavy (non-hydrogen) atoms. The van der Waals surface area contributed by atoms with Crippen LogP contribution < -0.4 is 26.3 Å². The minimum absolute atomic E-state index is 0.0430. The van der Waals surface area contributed by atoms with E-state index in [9.17, 15) is 19.2 Å². The number of amides is 3. The molecule has 0 spiro atoms. The van der Waals surface area contributed by atoms with E-state index in [-0.39, 0.29) is 49.1 Å². The van der Waals surface area contributed by atoms with Gasteiger partial charge in [0.15, 0.2) is 5.82 Å². The van der Waals surface area contributed by atoms with Gasteiger partial charge in [0.05, 0.1) is 61.1 Å². The number of morpholine rings is 1. The molecule has 23 heteroatoms. The molecule has 0 radical (unpaired) electrons. The Morgan fingerprint density at radius 1 is 0.684 bits per heavy atom. The van der Waals surface area contributed by atoms with Crippen molar-refractivity contribution in [3.05, 3.63) is 100 Å². The van der Waals surface area contributed by atoms with Crippen molar-refractivity contribution in [2.24, 2.45) is 11.5 Å². The first-order chi connectivity index (χ1) is 36.7.